The van der Waals surface area contributed by atoms with Gasteiger partial charge in [-0.2, -0.15) is 0 Å². The van der Waals surface area contributed by atoms with E-state index in [0.29, 0.717) is 0 Å². The van der Waals surface area contributed by atoms with E-state index in [2.05, 4.69) is 17.5 Å². The zero-order valence-electron chi connectivity index (χ0n) is 11.9. The standard InChI is InChI=1S/C16H19N3OS/c17-15(20)13-7-4-8-19(9-13)10-14-11-21-16(18-14)12-5-2-1-3-6-12/h1-3,5-6,11,13H,4,7-10H2,(H2,17,20)/p+1/t13-/m0/s1. The quantitative estimate of drug-likeness (QED) is 0.888. The van der Waals surface area contributed by atoms with Gasteiger partial charge in [0.1, 0.15) is 17.2 Å². The van der Waals surface area contributed by atoms with E-state index in [1.54, 1.807) is 11.3 Å². The molecule has 1 aliphatic heterocycles. The second-order valence-corrected chi connectivity index (χ2v) is 6.49. The van der Waals surface area contributed by atoms with Gasteiger partial charge in [0.2, 0.25) is 5.91 Å². The van der Waals surface area contributed by atoms with E-state index in [1.165, 1.54) is 4.90 Å². The number of rotatable bonds is 4. The number of aromatic nitrogens is 1. The highest BCUT2D eigenvalue weighted by molar-refractivity contribution is 7.13. The first kappa shape index (κ1) is 14.2. The van der Waals surface area contributed by atoms with E-state index in [0.717, 1.165) is 48.7 Å². The third kappa shape index (κ3) is 3.49. The lowest BCUT2D eigenvalue weighted by atomic mass is 9.97. The third-order valence-corrected chi connectivity index (χ3v) is 4.96. The lowest BCUT2D eigenvalue weighted by Crippen LogP contribution is -3.12. The van der Waals surface area contributed by atoms with Crippen molar-refractivity contribution in [3.63, 3.8) is 0 Å². The van der Waals surface area contributed by atoms with Crippen molar-refractivity contribution in [3.8, 4) is 10.6 Å². The van der Waals surface area contributed by atoms with Crippen molar-refractivity contribution in [2.45, 2.75) is 19.4 Å². The summed E-state index contributed by atoms with van der Waals surface area (Å²) in [4.78, 5) is 17.5. The highest BCUT2D eigenvalue weighted by atomic mass is 32.1. The maximum Gasteiger partial charge on any atom is 0.226 e. The largest absolute Gasteiger partial charge is 0.369 e. The van der Waals surface area contributed by atoms with E-state index in [9.17, 15) is 4.79 Å². The first-order valence-corrected chi connectivity index (χ1v) is 8.23. The Kier molecular flexibility index (Phi) is 4.31. The predicted molar refractivity (Wildman–Crippen MR) is 83.9 cm³/mol. The number of hydrogen-bond donors (Lipinski definition) is 2. The van der Waals surface area contributed by atoms with Crippen molar-refractivity contribution < 1.29 is 9.69 Å². The number of nitrogens with one attached hydrogen (secondary N) is 1. The molecular formula is C16H20N3OS+. The fourth-order valence-corrected chi connectivity index (χ4v) is 3.74. The summed E-state index contributed by atoms with van der Waals surface area (Å²) in [7, 11) is 0. The maximum absolute atomic E-state index is 11.3. The number of thiazole rings is 1. The van der Waals surface area contributed by atoms with Gasteiger partial charge < -0.3 is 10.6 Å². The molecule has 21 heavy (non-hydrogen) atoms. The van der Waals surface area contributed by atoms with Gasteiger partial charge in [-0.1, -0.05) is 30.3 Å². The van der Waals surface area contributed by atoms with E-state index in [1.807, 2.05) is 18.2 Å². The molecule has 3 rings (SSSR count). The first-order valence-electron chi connectivity index (χ1n) is 7.35. The summed E-state index contributed by atoms with van der Waals surface area (Å²) < 4.78 is 0. The molecule has 0 aliphatic carbocycles. The van der Waals surface area contributed by atoms with Crippen molar-refractivity contribution in [1.29, 1.82) is 0 Å². The summed E-state index contributed by atoms with van der Waals surface area (Å²) in [5.41, 5.74) is 7.71. The van der Waals surface area contributed by atoms with Crippen LogP contribution in [0.5, 0.6) is 0 Å². The second-order valence-electron chi connectivity index (χ2n) is 5.63. The fraction of sp³-hybridized carbons (Fsp3) is 0.375. The second kappa shape index (κ2) is 6.37. The van der Waals surface area contributed by atoms with Crippen LogP contribution in [0, 0.1) is 5.92 Å². The number of carbonyl (C=O) groups is 1. The minimum Gasteiger partial charge on any atom is -0.369 e. The lowest BCUT2D eigenvalue weighted by molar-refractivity contribution is -0.921. The molecule has 4 nitrogen and oxygen atoms in total. The summed E-state index contributed by atoms with van der Waals surface area (Å²) in [6, 6.07) is 10.2. The van der Waals surface area contributed by atoms with Crippen LogP contribution in [-0.2, 0) is 11.3 Å². The Hall–Kier alpha value is -1.72. The molecule has 1 aromatic carbocycles. The summed E-state index contributed by atoms with van der Waals surface area (Å²) in [5.74, 6) is -0.128. The Morgan fingerprint density at radius 2 is 2.19 bits per heavy atom. The number of nitrogens with zero attached hydrogens (tertiary/aromatic N) is 1. The highest BCUT2D eigenvalue weighted by Crippen LogP contribution is 2.23. The SMILES string of the molecule is NC(=O)[C@H]1CCC[NH+](Cc2csc(-c3ccccc3)n2)C1. The molecule has 2 atom stereocenters. The maximum atomic E-state index is 11.3. The van der Waals surface area contributed by atoms with Gasteiger partial charge in [0.15, 0.2) is 0 Å². The summed E-state index contributed by atoms with van der Waals surface area (Å²) in [6.45, 7) is 2.82. The van der Waals surface area contributed by atoms with Crippen LogP contribution in [0.25, 0.3) is 10.6 Å². The number of carbonyl (C=O) groups excluding carboxylic acids is 1. The zero-order valence-corrected chi connectivity index (χ0v) is 12.7. The Balaban J connectivity index is 1.66. The van der Waals surface area contributed by atoms with Gasteiger partial charge >= 0.3 is 0 Å². The van der Waals surface area contributed by atoms with Crippen LogP contribution in [0.3, 0.4) is 0 Å². The smallest absolute Gasteiger partial charge is 0.226 e. The van der Waals surface area contributed by atoms with E-state index in [4.69, 9.17) is 10.7 Å². The summed E-state index contributed by atoms with van der Waals surface area (Å²) >= 11 is 1.68. The Labute approximate surface area is 128 Å². The van der Waals surface area contributed by atoms with Gasteiger partial charge in [-0.05, 0) is 12.8 Å². The molecule has 0 spiro atoms. The number of quaternary nitrogens is 1. The van der Waals surface area contributed by atoms with Gasteiger partial charge in [0, 0.05) is 10.9 Å². The van der Waals surface area contributed by atoms with Crippen molar-refractivity contribution >= 4 is 17.2 Å². The van der Waals surface area contributed by atoms with Crippen LogP contribution in [0.15, 0.2) is 35.7 Å². The molecule has 110 valence electrons. The van der Waals surface area contributed by atoms with Crippen molar-refractivity contribution in [2.75, 3.05) is 13.1 Å². The molecule has 0 radical (unpaired) electrons. The van der Waals surface area contributed by atoms with Crippen LogP contribution < -0.4 is 10.6 Å². The number of amides is 1. The molecule has 0 saturated carbocycles. The summed E-state index contributed by atoms with van der Waals surface area (Å²) in [5, 5.41) is 3.19. The molecule has 0 bridgehead atoms. The first-order chi connectivity index (χ1) is 10.2. The molecule has 1 amide bonds. The summed E-state index contributed by atoms with van der Waals surface area (Å²) in [6.07, 6.45) is 2.00. The molecule has 3 N–H and O–H groups in total. The number of piperidine rings is 1. The lowest BCUT2D eigenvalue weighted by Gasteiger charge is -2.27. The number of hydrogen-bond acceptors (Lipinski definition) is 3. The Morgan fingerprint density at radius 3 is 2.95 bits per heavy atom. The van der Waals surface area contributed by atoms with Crippen LogP contribution in [0.4, 0.5) is 0 Å². The zero-order chi connectivity index (χ0) is 14.7. The van der Waals surface area contributed by atoms with Crippen LogP contribution in [0.2, 0.25) is 0 Å². The molecule has 1 aromatic heterocycles. The minimum absolute atomic E-state index is 0.0287. The normalized spacial score (nSPS) is 22.1. The number of likely N-dealkylation sites (tertiary alicyclic amines) is 1. The molecule has 1 aliphatic rings. The molecule has 2 heterocycles. The average Bonchev–Trinajstić information content (AvgIpc) is 2.97. The van der Waals surface area contributed by atoms with E-state index >= 15 is 0 Å². The van der Waals surface area contributed by atoms with Crippen molar-refractivity contribution in [2.24, 2.45) is 11.7 Å². The van der Waals surface area contributed by atoms with Gasteiger partial charge in [0.05, 0.1) is 19.0 Å². The van der Waals surface area contributed by atoms with Crippen LogP contribution >= 0.6 is 11.3 Å². The van der Waals surface area contributed by atoms with E-state index < -0.39 is 0 Å². The van der Waals surface area contributed by atoms with Crippen LogP contribution in [-0.4, -0.2) is 24.0 Å². The van der Waals surface area contributed by atoms with Crippen molar-refractivity contribution in [3.05, 3.63) is 41.4 Å². The minimum atomic E-state index is -0.157. The van der Waals surface area contributed by atoms with Gasteiger partial charge in [-0.3, -0.25) is 4.79 Å². The molecular weight excluding hydrogens is 282 g/mol. The van der Waals surface area contributed by atoms with Gasteiger partial charge in [-0.15, -0.1) is 11.3 Å². The number of nitrogens with two attached hydrogens (primary N) is 1. The van der Waals surface area contributed by atoms with Crippen LogP contribution in [0.1, 0.15) is 18.5 Å². The highest BCUT2D eigenvalue weighted by Gasteiger charge is 2.27. The molecule has 1 fully saturated rings. The molecule has 1 saturated heterocycles. The molecule has 1 unspecified atom stereocenters. The monoisotopic (exact) mass is 302 g/mol. The Morgan fingerprint density at radius 1 is 1.38 bits per heavy atom. The topological polar surface area (TPSA) is 60.4 Å². The molecule has 5 heteroatoms. The number of primary amides is 1. The fourth-order valence-electron chi connectivity index (χ4n) is 2.91. The number of benzene rings is 1. The Bertz CT molecular complexity index is 611. The van der Waals surface area contributed by atoms with Gasteiger partial charge in [-0.25, -0.2) is 4.98 Å². The van der Waals surface area contributed by atoms with Gasteiger partial charge in [0.25, 0.3) is 0 Å². The van der Waals surface area contributed by atoms with E-state index in [-0.39, 0.29) is 11.8 Å². The third-order valence-electron chi connectivity index (χ3n) is 4.02. The van der Waals surface area contributed by atoms with Crippen molar-refractivity contribution in [1.82, 2.24) is 4.98 Å². The molecule has 2 aromatic rings. The average molecular weight is 302 g/mol. The predicted octanol–water partition coefficient (Wildman–Crippen LogP) is 1.09.